The summed E-state index contributed by atoms with van der Waals surface area (Å²) in [6.07, 6.45) is 1.25. The summed E-state index contributed by atoms with van der Waals surface area (Å²) in [4.78, 5) is 44.2. The van der Waals surface area contributed by atoms with Crippen molar-refractivity contribution in [3.63, 3.8) is 0 Å². The number of nitrogens with one attached hydrogen (secondary N) is 1. The van der Waals surface area contributed by atoms with Crippen molar-refractivity contribution in [3.8, 4) is 10.4 Å². The van der Waals surface area contributed by atoms with E-state index >= 15 is 0 Å². The monoisotopic (exact) mass is 495 g/mol. The Bertz CT molecular complexity index is 1370. The Morgan fingerprint density at radius 1 is 1.15 bits per heavy atom. The van der Waals surface area contributed by atoms with Crippen molar-refractivity contribution >= 4 is 50.5 Å². The summed E-state index contributed by atoms with van der Waals surface area (Å²) in [7, 11) is 0. The number of carbonyl (C=O) groups excluding carboxylic acids is 2. The van der Waals surface area contributed by atoms with Crippen molar-refractivity contribution in [1.82, 2.24) is 9.55 Å². The van der Waals surface area contributed by atoms with Crippen LogP contribution in [0, 0.1) is 0 Å². The Balaban J connectivity index is 1.46. The molecule has 0 saturated carbocycles. The molecule has 3 heterocycles. The zero-order valence-corrected chi connectivity index (χ0v) is 20.7. The van der Waals surface area contributed by atoms with Crippen LogP contribution in [0.2, 0.25) is 0 Å². The molecule has 4 aromatic rings. The number of esters is 1. The van der Waals surface area contributed by atoms with Crippen LogP contribution in [0.3, 0.4) is 0 Å². The third kappa shape index (κ3) is 4.95. The molecule has 1 N–H and O–H groups in total. The third-order valence-corrected chi connectivity index (χ3v) is 7.48. The highest BCUT2D eigenvalue weighted by Gasteiger charge is 2.21. The van der Waals surface area contributed by atoms with Gasteiger partial charge in [0, 0.05) is 21.5 Å². The topological polar surface area (TPSA) is 90.3 Å². The Labute approximate surface area is 205 Å². The smallest absolute Gasteiger partial charge is 0.326 e. The summed E-state index contributed by atoms with van der Waals surface area (Å²) in [6.45, 7) is 5.36. The van der Waals surface area contributed by atoms with Crippen LogP contribution in [0.4, 0.5) is 5.69 Å². The summed E-state index contributed by atoms with van der Waals surface area (Å²) in [5.41, 5.74) is 2.23. The molecule has 0 aliphatic rings. The van der Waals surface area contributed by atoms with Crippen molar-refractivity contribution in [3.05, 3.63) is 69.4 Å². The van der Waals surface area contributed by atoms with Gasteiger partial charge in [-0.2, -0.15) is 0 Å². The van der Waals surface area contributed by atoms with Gasteiger partial charge in [0.2, 0.25) is 0 Å². The molecule has 0 radical (unpaired) electrons. The minimum atomic E-state index is -1.02. The number of carbonyl (C=O) groups is 2. The summed E-state index contributed by atoms with van der Waals surface area (Å²) >= 11 is 2.92. The number of hydrogen-bond acceptors (Lipinski definition) is 7. The number of amides is 1. The molecule has 0 bridgehead atoms. The van der Waals surface area contributed by atoms with E-state index in [0.717, 1.165) is 22.4 Å². The second-order valence-electron chi connectivity index (χ2n) is 8.00. The summed E-state index contributed by atoms with van der Waals surface area (Å²) in [6, 6.07) is 11.5. The van der Waals surface area contributed by atoms with E-state index in [4.69, 9.17) is 4.74 Å². The molecule has 0 aliphatic heterocycles. The molecule has 1 amide bonds. The van der Waals surface area contributed by atoms with E-state index in [1.165, 1.54) is 40.5 Å². The zero-order valence-electron chi connectivity index (χ0n) is 19.1. The van der Waals surface area contributed by atoms with Gasteiger partial charge in [-0.15, -0.1) is 22.7 Å². The maximum atomic E-state index is 13.1. The molecular weight excluding hydrogens is 470 g/mol. The van der Waals surface area contributed by atoms with Crippen LogP contribution in [0.1, 0.15) is 38.7 Å². The predicted octanol–water partition coefficient (Wildman–Crippen LogP) is 5.27. The molecular formula is C25H25N3O4S2. The second kappa shape index (κ2) is 10.3. The molecule has 2 atom stereocenters. The number of para-hydroxylation sites is 1. The molecule has 0 aliphatic carbocycles. The molecule has 1 aromatic carbocycles. The van der Waals surface area contributed by atoms with Crippen molar-refractivity contribution in [2.45, 2.75) is 45.8 Å². The first-order chi connectivity index (χ1) is 16.4. The lowest BCUT2D eigenvalue weighted by Gasteiger charge is -2.18. The number of hydrogen-bond donors (Lipinski definition) is 1. The highest BCUT2D eigenvalue weighted by atomic mass is 32.1. The van der Waals surface area contributed by atoms with Gasteiger partial charge >= 0.3 is 5.97 Å². The fourth-order valence-electron chi connectivity index (χ4n) is 3.62. The maximum Gasteiger partial charge on any atom is 0.326 e. The number of ether oxygens (including phenoxy) is 1. The van der Waals surface area contributed by atoms with Crippen LogP contribution >= 0.6 is 22.7 Å². The lowest BCUT2D eigenvalue weighted by Crippen LogP contribution is -2.33. The molecule has 0 spiro atoms. The van der Waals surface area contributed by atoms with E-state index in [-0.39, 0.29) is 18.0 Å². The molecule has 7 nitrogen and oxygen atoms in total. The lowest BCUT2D eigenvalue weighted by molar-refractivity contribution is -0.153. The highest BCUT2D eigenvalue weighted by molar-refractivity contribution is 7.18. The van der Waals surface area contributed by atoms with Crippen molar-refractivity contribution in [1.29, 1.82) is 0 Å². The van der Waals surface area contributed by atoms with E-state index in [1.54, 1.807) is 0 Å². The van der Waals surface area contributed by atoms with Gasteiger partial charge in [-0.05, 0) is 42.3 Å². The number of rotatable bonds is 8. The van der Waals surface area contributed by atoms with E-state index in [9.17, 15) is 14.4 Å². The van der Waals surface area contributed by atoms with Crippen LogP contribution in [-0.2, 0) is 20.9 Å². The Kier molecular flexibility index (Phi) is 7.23. The number of nitrogens with zero attached hydrogens (tertiary/aromatic N) is 2. The Morgan fingerprint density at radius 3 is 2.68 bits per heavy atom. The Hall–Kier alpha value is -3.30. The number of aromatic nitrogens is 2. The lowest BCUT2D eigenvalue weighted by atomic mass is 9.97. The van der Waals surface area contributed by atoms with Gasteiger partial charge in [0.25, 0.3) is 11.5 Å². The van der Waals surface area contributed by atoms with Crippen LogP contribution in [0.15, 0.2) is 58.3 Å². The van der Waals surface area contributed by atoms with Gasteiger partial charge in [0.05, 0.1) is 11.7 Å². The van der Waals surface area contributed by atoms with Gasteiger partial charge in [-0.1, -0.05) is 38.1 Å². The molecule has 4 rings (SSSR count). The predicted molar refractivity (Wildman–Crippen MR) is 137 cm³/mol. The normalized spacial score (nSPS) is 12.9. The molecule has 34 heavy (non-hydrogen) atoms. The first-order valence-electron chi connectivity index (χ1n) is 11.0. The number of anilines is 1. The zero-order chi connectivity index (χ0) is 24.2. The van der Waals surface area contributed by atoms with Gasteiger partial charge in [-0.25, -0.2) is 4.98 Å². The maximum absolute atomic E-state index is 13.1. The average molecular weight is 496 g/mol. The molecule has 0 fully saturated rings. The first-order valence-corrected chi connectivity index (χ1v) is 12.7. The largest absolute Gasteiger partial charge is 0.451 e. The van der Waals surface area contributed by atoms with Crippen LogP contribution < -0.4 is 10.9 Å². The van der Waals surface area contributed by atoms with E-state index in [0.29, 0.717) is 15.9 Å². The molecule has 3 aromatic heterocycles. The van der Waals surface area contributed by atoms with Crippen LogP contribution in [0.25, 0.3) is 20.7 Å². The Morgan fingerprint density at radius 2 is 1.94 bits per heavy atom. The number of benzene rings is 1. The quantitative estimate of drug-likeness (QED) is 0.336. The first kappa shape index (κ1) is 23.8. The van der Waals surface area contributed by atoms with Crippen molar-refractivity contribution < 1.29 is 14.3 Å². The standard InChI is InChI=1S/C25H25N3O4S2/c1-4-15(2)17-8-5-6-9-19(17)27-23(30)16(3)32-21(29)12-28-14-26-24-22(25(28)31)18(13-34-24)20-10-7-11-33-20/h5-11,13-16H,4,12H2,1-3H3,(H,27,30). The van der Waals surface area contributed by atoms with Crippen molar-refractivity contribution in [2.24, 2.45) is 0 Å². The summed E-state index contributed by atoms with van der Waals surface area (Å²) in [5.74, 6) is -0.836. The average Bonchev–Trinajstić information content (AvgIpc) is 3.50. The van der Waals surface area contributed by atoms with Crippen molar-refractivity contribution in [2.75, 3.05) is 5.32 Å². The molecule has 2 unspecified atom stereocenters. The second-order valence-corrected chi connectivity index (χ2v) is 9.81. The summed E-state index contributed by atoms with van der Waals surface area (Å²) in [5, 5.41) is 7.18. The van der Waals surface area contributed by atoms with Gasteiger partial charge in [0.1, 0.15) is 11.4 Å². The molecule has 0 saturated heterocycles. The van der Waals surface area contributed by atoms with E-state index in [2.05, 4.69) is 24.1 Å². The van der Waals surface area contributed by atoms with Gasteiger partial charge < -0.3 is 10.1 Å². The highest BCUT2D eigenvalue weighted by Crippen LogP contribution is 2.33. The van der Waals surface area contributed by atoms with E-state index < -0.39 is 18.0 Å². The molecule has 9 heteroatoms. The summed E-state index contributed by atoms with van der Waals surface area (Å²) < 4.78 is 6.55. The fraction of sp³-hybridized carbons (Fsp3) is 0.280. The van der Waals surface area contributed by atoms with Gasteiger partial charge in [-0.3, -0.25) is 19.0 Å². The SMILES string of the molecule is CCC(C)c1ccccc1NC(=O)C(C)OC(=O)Cn1cnc2scc(-c3cccs3)c2c1=O. The minimum absolute atomic E-state index is 0.278. The fourth-order valence-corrected chi connectivity index (χ4v) is 5.34. The number of thiophene rings is 2. The van der Waals surface area contributed by atoms with E-state index in [1.807, 2.05) is 47.2 Å². The van der Waals surface area contributed by atoms with Crippen LogP contribution in [0.5, 0.6) is 0 Å². The minimum Gasteiger partial charge on any atom is -0.451 e. The number of fused-ring (bicyclic) bond motifs is 1. The van der Waals surface area contributed by atoms with Gasteiger partial charge in [0.15, 0.2) is 6.10 Å². The van der Waals surface area contributed by atoms with Crippen LogP contribution in [-0.4, -0.2) is 27.5 Å². The third-order valence-electron chi connectivity index (χ3n) is 5.69. The molecule has 176 valence electrons.